The number of amides is 1. The summed E-state index contributed by atoms with van der Waals surface area (Å²) in [7, 11) is 0. The van der Waals surface area contributed by atoms with Crippen LogP contribution < -0.4 is 4.74 Å². The van der Waals surface area contributed by atoms with E-state index in [4.69, 9.17) is 4.74 Å². The molecule has 1 heterocycles. The van der Waals surface area contributed by atoms with Crippen molar-refractivity contribution < 1.29 is 9.53 Å². The number of benzene rings is 2. The first kappa shape index (κ1) is 16.6. The number of carbonyl (C=O) groups is 1. The largest absolute Gasteiger partial charge is 0.486 e. The lowest BCUT2D eigenvalue weighted by Gasteiger charge is -2.33. The second-order valence-electron chi connectivity index (χ2n) is 6.54. The minimum Gasteiger partial charge on any atom is -0.486 e. The van der Waals surface area contributed by atoms with Crippen molar-refractivity contribution in [1.29, 1.82) is 0 Å². The molecule has 0 radical (unpaired) electrons. The molecule has 2 aromatic rings. The van der Waals surface area contributed by atoms with Crippen molar-refractivity contribution in [3.8, 4) is 5.75 Å². The summed E-state index contributed by atoms with van der Waals surface area (Å²) in [5.41, 5.74) is 1.83. The van der Waals surface area contributed by atoms with Crippen LogP contribution in [0.5, 0.6) is 5.75 Å². The van der Waals surface area contributed by atoms with Crippen LogP contribution >= 0.6 is 0 Å². The molecule has 1 aliphatic rings. The van der Waals surface area contributed by atoms with Crippen molar-refractivity contribution in [3.63, 3.8) is 0 Å². The molecule has 3 heteroatoms. The monoisotopic (exact) mass is 323 g/mol. The third-order valence-corrected chi connectivity index (χ3v) is 4.73. The number of piperidine rings is 1. The average Bonchev–Trinajstić information content (AvgIpc) is 2.62. The highest BCUT2D eigenvalue weighted by atomic mass is 16.5. The van der Waals surface area contributed by atoms with E-state index in [1.807, 2.05) is 54.3 Å². The van der Waals surface area contributed by atoms with Gasteiger partial charge in [-0.15, -0.1) is 0 Å². The van der Waals surface area contributed by atoms with Crippen molar-refractivity contribution in [2.24, 2.45) is 0 Å². The van der Waals surface area contributed by atoms with E-state index in [1.54, 1.807) is 0 Å². The normalized spacial score (nSPS) is 18.9. The Kier molecular flexibility index (Phi) is 5.19. The fraction of sp³-hybridized carbons (Fsp3) is 0.381. The van der Waals surface area contributed by atoms with Gasteiger partial charge in [0, 0.05) is 18.2 Å². The molecule has 126 valence electrons. The molecule has 0 N–H and O–H groups in total. The van der Waals surface area contributed by atoms with Gasteiger partial charge in [0.2, 0.25) is 0 Å². The van der Waals surface area contributed by atoms with E-state index < -0.39 is 0 Å². The zero-order valence-corrected chi connectivity index (χ0v) is 14.4. The van der Waals surface area contributed by atoms with E-state index in [9.17, 15) is 4.79 Å². The first-order valence-electron chi connectivity index (χ1n) is 8.78. The lowest BCUT2D eigenvalue weighted by Crippen LogP contribution is -2.42. The van der Waals surface area contributed by atoms with Crippen LogP contribution in [0.3, 0.4) is 0 Å². The summed E-state index contributed by atoms with van der Waals surface area (Å²) in [4.78, 5) is 14.8. The van der Waals surface area contributed by atoms with Gasteiger partial charge < -0.3 is 9.64 Å². The van der Waals surface area contributed by atoms with Crippen LogP contribution in [0.1, 0.15) is 55.1 Å². The highest BCUT2D eigenvalue weighted by Crippen LogP contribution is 2.24. The van der Waals surface area contributed by atoms with Gasteiger partial charge in [-0.05, 0) is 56.9 Å². The summed E-state index contributed by atoms with van der Waals surface area (Å²) >= 11 is 0. The van der Waals surface area contributed by atoms with E-state index in [1.165, 1.54) is 6.42 Å². The fourth-order valence-corrected chi connectivity index (χ4v) is 3.26. The Bertz CT molecular complexity index is 683. The summed E-state index contributed by atoms with van der Waals surface area (Å²) in [6, 6.07) is 18.0. The van der Waals surface area contributed by atoms with Gasteiger partial charge in [-0.2, -0.15) is 0 Å². The summed E-state index contributed by atoms with van der Waals surface area (Å²) in [6.45, 7) is 5.01. The smallest absolute Gasteiger partial charge is 0.254 e. The number of nitrogens with zero attached hydrogens (tertiary/aromatic N) is 1. The Morgan fingerprint density at radius 1 is 1.12 bits per heavy atom. The van der Waals surface area contributed by atoms with Crippen molar-refractivity contribution in [2.75, 3.05) is 6.54 Å². The first-order chi connectivity index (χ1) is 11.6. The maximum absolute atomic E-state index is 12.8. The van der Waals surface area contributed by atoms with Gasteiger partial charge in [0.15, 0.2) is 0 Å². The minimum atomic E-state index is -0.0505. The lowest BCUT2D eigenvalue weighted by atomic mass is 10.0. The molecular weight excluding hydrogens is 298 g/mol. The molecule has 0 aromatic heterocycles. The Balaban J connectivity index is 1.73. The molecule has 0 saturated carbocycles. The maximum atomic E-state index is 12.8. The molecule has 2 unspecified atom stereocenters. The molecule has 1 saturated heterocycles. The molecule has 1 fully saturated rings. The summed E-state index contributed by atoms with van der Waals surface area (Å²) in [5.74, 6) is 0.849. The second-order valence-corrected chi connectivity index (χ2v) is 6.54. The number of carbonyl (C=O) groups excluding carboxylic acids is 1. The lowest BCUT2D eigenvalue weighted by molar-refractivity contribution is 0.0635. The van der Waals surface area contributed by atoms with Crippen molar-refractivity contribution in [3.05, 3.63) is 65.7 Å². The van der Waals surface area contributed by atoms with Gasteiger partial charge in [0.25, 0.3) is 5.91 Å². The van der Waals surface area contributed by atoms with Crippen LogP contribution in [0.15, 0.2) is 54.6 Å². The van der Waals surface area contributed by atoms with E-state index >= 15 is 0 Å². The number of ether oxygens (including phenoxy) is 1. The quantitative estimate of drug-likeness (QED) is 0.805. The molecular formula is C21H25NO2. The third kappa shape index (κ3) is 3.78. The van der Waals surface area contributed by atoms with Gasteiger partial charge >= 0.3 is 0 Å². The number of likely N-dealkylation sites (tertiary alicyclic amines) is 1. The van der Waals surface area contributed by atoms with Crippen LogP contribution in [-0.4, -0.2) is 23.4 Å². The van der Waals surface area contributed by atoms with Crippen molar-refractivity contribution in [1.82, 2.24) is 4.90 Å². The molecule has 1 amide bonds. The summed E-state index contributed by atoms with van der Waals surface area (Å²) in [6.07, 6.45) is 3.35. The SMILES string of the molecule is CC(Oc1cccc(C(=O)N2CCCCC2C)c1)c1ccccc1. The summed E-state index contributed by atoms with van der Waals surface area (Å²) < 4.78 is 6.03. The van der Waals surface area contributed by atoms with E-state index in [2.05, 4.69) is 19.1 Å². The van der Waals surface area contributed by atoms with E-state index in [0.29, 0.717) is 11.6 Å². The van der Waals surface area contributed by atoms with Crippen LogP contribution in [0.2, 0.25) is 0 Å². The van der Waals surface area contributed by atoms with Crippen LogP contribution in [-0.2, 0) is 0 Å². The number of hydrogen-bond acceptors (Lipinski definition) is 2. The van der Waals surface area contributed by atoms with Crippen molar-refractivity contribution >= 4 is 5.91 Å². The predicted octanol–water partition coefficient (Wildman–Crippen LogP) is 4.84. The molecule has 0 spiro atoms. The fourth-order valence-electron chi connectivity index (χ4n) is 3.26. The second kappa shape index (κ2) is 7.52. The summed E-state index contributed by atoms with van der Waals surface area (Å²) in [5, 5.41) is 0. The number of hydrogen-bond donors (Lipinski definition) is 0. The zero-order valence-electron chi connectivity index (χ0n) is 14.4. The Labute approximate surface area is 144 Å². The third-order valence-electron chi connectivity index (χ3n) is 4.73. The van der Waals surface area contributed by atoms with Gasteiger partial charge in [0.05, 0.1) is 0 Å². The van der Waals surface area contributed by atoms with Crippen LogP contribution in [0.4, 0.5) is 0 Å². The minimum absolute atomic E-state index is 0.0505. The molecule has 3 nitrogen and oxygen atoms in total. The topological polar surface area (TPSA) is 29.5 Å². The predicted molar refractivity (Wildman–Crippen MR) is 96.3 cm³/mol. The van der Waals surface area contributed by atoms with Gasteiger partial charge in [0.1, 0.15) is 11.9 Å². The maximum Gasteiger partial charge on any atom is 0.254 e. The van der Waals surface area contributed by atoms with E-state index in [0.717, 1.165) is 30.7 Å². The van der Waals surface area contributed by atoms with Crippen LogP contribution in [0.25, 0.3) is 0 Å². The Hall–Kier alpha value is -2.29. The first-order valence-corrected chi connectivity index (χ1v) is 8.78. The molecule has 24 heavy (non-hydrogen) atoms. The Morgan fingerprint density at radius 3 is 2.67 bits per heavy atom. The van der Waals surface area contributed by atoms with Gasteiger partial charge in [-0.1, -0.05) is 36.4 Å². The number of rotatable bonds is 4. The van der Waals surface area contributed by atoms with E-state index in [-0.39, 0.29) is 12.0 Å². The highest BCUT2D eigenvalue weighted by Gasteiger charge is 2.24. The molecule has 3 rings (SSSR count). The highest BCUT2D eigenvalue weighted by molar-refractivity contribution is 5.94. The molecule has 2 aromatic carbocycles. The molecule has 0 aliphatic carbocycles. The van der Waals surface area contributed by atoms with Gasteiger partial charge in [-0.3, -0.25) is 4.79 Å². The molecule has 1 aliphatic heterocycles. The molecule has 0 bridgehead atoms. The Morgan fingerprint density at radius 2 is 1.92 bits per heavy atom. The zero-order chi connectivity index (χ0) is 16.9. The van der Waals surface area contributed by atoms with Crippen LogP contribution in [0, 0.1) is 0 Å². The standard InChI is InChI=1S/C21H25NO2/c1-16-9-6-7-14-22(16)21(23)19-12-8-13-20(15-19)24-17(2)18-10-4-3-5-11-18/h3-5,8,10-13,15-17H,6-7,9,14H2,1-2H3. The average molecular weight is 323 g/mol. The van der Waals surface area contributed by atoms with Gasteiger partial charge in [-0.25, -0.2) is 0 Å². The molecule has 2 atom stereocenters. The van der Waals surface area contributed by atoms with Crippen molar-refractivity contribution in [2.45, 2.75) is 45.3 Å².